The third-order valence-corrected chi connectivity index (χ3v) is 4.65. The molecule has 0 saturated carbocycles. The second-order valence-corrected chi connectivity index (χ2v) is 8.54. The molecule has 0 aliphatic rings. The Labute approximate surface area is 126 Å². The van der Waals surface area contributed by atoms with Gasteiger partial charge in [-0.1, -0.05) is 13.8 Å². The van der Waals surface area contributed by atoms with Gasteiger partial charge in [-0.15, -0.1) is 0 Å². The van der Waals surface area contributed by atoms with Crippen LogP contribution in [0.3, 0.4) is 0 Å². The fourth-order valence-electron chi connectivity index (χ4n) is 1.73. The molecule has 7 nitrogen and oxygen atoms in total. The highest BCUT2D eigenvalue weighted by Crippen LogP contribution is 2.52. The van der Waals surface area contributed by atoms with Gasteiger partial charge in [0, 0.05) is 14.2 Å². The first-order valence-electron chi connectivity index (χ1n) is 6.84. The number of carbonyl (C=O) groups excluding carboxylic acids is 1. The number of amides is 1. The summed E-state index contributed by atoms with van der Waals surface area (Å²) < 4.78 is 27.0. The lowest BCUT2D eigenvalue weighted by molar-refractivity contribution is 0.0441. The van der Waals surface area contributed by atoms with Crippen LogP contribution in [0.5, 0.6) is 0 Å². The van der Waals surface area contributed by atoms with Crippen LogP contribution in [0.25, 0.3) is 0 Å². The number of nitrogens with one attached hydrogen (secondary N) is 1. The highest BCUT2D eigenvalue weighted by atomic mass is 31.2. The monoisotopic (exact) mass is 325 g/mol. The molecule has 2 N–H and O–H groups in total. The summed E-state index contributed by atoms with van der Waals surface area (Å²) in [6.07, 6.45) is -0.289. The molecular weight excluding hydrogens is 297 g/mol. The average Bonchev–Trinajstić information content (AvgIpc) is 2.33. The van der Waals surface area contributed by atoms with E-state index in [2.05, 4.69) is 5.32 Å². The SMILES string of the molecule is COP(=O)(OC)C(O)[C@H](CC(C)C)NC(=O)OC(C)(C)C. The summed E-state index contributed by atoms with van der Waals surface area (Å²) in [7, 11) is -1.33. The van der Waals surface area contributed by atoms with Gasteiger partial charge >= 0.3 is 13.7 Å². The van der Waals surface area contributed by atoms with Crippen molar-refractivity contribution in [3.63, 3.8) is 0 Å². The Morgan fingerprint density at radius 2 is 1.71 bits per heavy atom. The molecule has 0 aliphatic heterocycles. The van der Waals surface area contributed by atoms with Crippen LogP contribution in [0, 0.1) is 5.92 Å². The molecule has 0 spiro atoms. The van der Waals surface area contributed by atoms with Crippen LogP contribution < -0.4 is 5.32 Å². The van der Waals surface area contributed by atoms with Crippen molar-refractivity contribution >= 4 is 13.7 Å². The Morgan fingerprint density at radius 3 is 2.05 bits per heavy atom. The molecule has 0 heterocycles. The number of aliphatic hydroxyl groups excluding tert-OH is 1. The molecular formula is C13H28NO6P. The molecule has 0 rings (SSSR count). The molecule has 0 radical (unpaired) electrons. The van der Waals surface area contributed by atoms with Crippen LogP contribution in [-0.2, 0) is 18.3 Å². The second-order valence-electron chi connectivity index (χ2n) is 6.20. The van der Waals surface area contributed by atoms with Crippen LogP contribution in [0.1, 0.15) is 41.0 Å². The van der Waals surface area contributed by atoms with Crippen molar-refractivity contribution in [1.82, 2.24) is 5.32 Å². The van der Waals surface area contributed by atoms with Gasteiger partial charge in [-0.3, -0.25) is 4.57 Å². The molecule has 1 amide bonds. The molecule has 0 aromatic carbocycles. The number of aliphatic hydroxyl groups is 1. The van der Waals surface area contributed by atoms with Crippen LogP contribution in [0.4, 0.5) is 4.79 Å². The minimum absolute atomic E-state index is 0.154. The number of hydrogen-bond donors (Lipinski definition) is 2. The first kappa shape index (κ1) is 20.4. The number of ether oxygens (including phenoxy) is 1. The summed E-state index contributed by atoms with van der Waals surface area (Å²) in [5.74, 6) is -1.32. The fourth-order valence-corrected chi connectivity index (χ4v) is 2.95. The molecule has 2 atom stereocenters. The van der Waals surface area contributed by atoms with Gasteiger partial charge in [0.15, 0.2) is 5.85 Å². The molecule has 8 heteroatoms. The normalized spacial score (nSPS) is 15.7. The Kier molecular flexibility index (Phi) is 7.89. The molecule has 1 unspecified atom stereocenters. The lowest BCUT2D eigenvalue weighted by Gasteiger charge is -2.30. The van der Waals surface area contributed by atoms with Crippen molar-refractivity contribution in [2.45, 2.75) is 58.5 Å². The number of hydrogen-bond acceptors (Lipinski definition) is 6. The van der Waals surface area contributed by atoms with Gasteiger partial charge < -0.3 is 24.2 Å². The van der Waals surface area contributed by atoms with Crippen molar-refractivity contribution in [2.75, 3.05) is 14.2 Å². The molecule has 0 bridgehead atoms. The van der Waals surface area contributed by atoms with Gasteiger partial charge in [-0.2, -0.15) is 0 Å². The van der Waals surface area contributed by atoms with E-state index in [0.717, 1.165) is 0 Å². The third-order valence-electron chi connectivity index (χ3n) is 2.62. The zero-order valence-electron chi connectivity index (χ0n) is 13.9. The maximum atomic E-state index is 12.3. The molecule has 0 fully saturated rings. The van der Waals surface area contributed by atoms with Crippen molar-refractivity contribution in [1.29, 1.82) is 0 Å². The van der Waals surface area contributed by atoms with Crippen molar-refractivity contribution < 1.29 is 28.3 Å². The predicted molar refractivity (Wildman–Crippen MR) is 80.2 cm³/mol. The first-order valence-corrected chi connectivity index (χ1v) is 8.45. The number of carbonyl (C=O) groups is 1. The van der Waals surface area contributed by atoms with Crippen LogP contribution >= 0.6 is 7.60 Å². The smallest absolute Gasteiger partial charge is 0.407 e. The van der Waals surface area contributed by atoms with E-state index in [1.165, 1.54) is 14.2 Å². The van der Waals surface area contributed by atoms with Crippen molar-refractivity contribution in [2.24, 2.45) is 5.92 Å². The van der Waals surface area contributed by atoms with Crippen LogP contribution in [0.2, 0.25) is 0 Å². The fraction of sp³-hybridized carbons (Fsp3) is 0.923. The zero-order valence-corrected chi connectivity index (χ0v) is 14.8. The molecule has 0 aromatic heterocycles. The molecule has 126 valence electrons. The van der Waals surface area contributed by atoms with Crippen molar-refractivity contribution in [3.8, 4) is 0 Å². The largest absolute Gasteiger partial charge is 0.444 e. The third kappa shape index (κ3) is 7.27. The van der Waals surface area contributed by atoms with Gasteiger partial charge in [-0.25, -0.2) is 4.79 Å². The Morgan fingerprint density at radius 1 is 1.24 bits per heavy atom. The van der Waals surface area contributed by atoms with Gasteiger partial charge in [0.1, 0.15) is 5.60 Å². The van der Waals surface area contributed by atoms with Crippen molar-refractivity contribution in [3.05, 3.63) is 0 Å². The molecule has 21 heavy (non-hydrogen) atoms. The summed E-state index contributed by atoms with van der Waals surface area (Å²) in [6.45, 7) is 9.03. The summed E-state index contributed by atoms with van der Waals surface area (Å²) in [4.78, 5) is 11.8. The molecule has 0 saturated heterocycles. The van der Waals surface area contributed by atoms with Gasteiger partial charge in [0.25, 0.3) is 0 Å². The van der Waals surface area contributed by atoms with E-state index in [1.54, 1.807) is 20.8 Å². The lowest BCUT2D eigenvalue weighted by atomic mass is 10.0. The maximum Gasteiger partial charge on any atom is 0.407 e. The van der Waals surface area contributed by atoms with E-state index in [-0.39, 0.29) is 5.92 Å². The van der Waals surface area contributed by atoms with Crippen LogP contribution in [0.15, 0.2) is 0 Å². The summed E-state index contributed by atoms with van der Waals surface area (Å²) >= 11 is 0. The summed E-state index contributed by atoms with van der Waals surface area (Å²) in [6, 6.07) is -0.800. The first-order chi connectivity index (χ1) is 9.45. The van der Waals surface area contributed by atoms with Crippen LogP contribution in [-0.4, -0.2) is 42.9 Å². The van der Waals surface area contributed by atoms with E-state index in [4.69, 9.17) is 13.8 Å². The zero-order chi connectivity index (χ0) is 16.8. The Hall–Kier alpha value is -0.620. The van der Waals surface area contributed by atoms with E-state index in [0.29, 0.717) is 6.42 Å². The Balaban J connectivity index is 5.04. The second kappa shape index (κ2) is 8.13. The maximum absolute atomic E-state index is 12.3. The number of rotatable bonds is 7. The highest BCUT2D eigenvalue weighted by Gasteiger charge is 2.40. The topological polar surface area (TPSA) is 94.1 Å². The van der Waals surface area contributed by atoms with Gasteiger partial charge in [0.05, 0.1) is 6.04 Å². The van der Waals surface area contributed by atoms with E-state index in [1.807, 2.05) is 13.8 Å². The summed E-state index contributed by atoms with van der Waals surface area (Å²) in [5.41, 5.74) is -0.663. The Bertz CT molecular complexity index is 371. The van der Waals surface area contributed by atoms with Gasteiger partial charge in [0.2, 0.25) is 0 Å². The quantitative estimate of drug-likeness (QED) is 0.699. The highest BCUT2D eigenvalue weighted by molar-refractivity contribution is 7.54. The minimum Gasteiger partial charge on any atom is -0.444 e. The van der Waals surface area contributed by atoms with Gasteiger partial charge in [-0.05, 0) is 33.1 Å². The molecule has 0 aliphatic carbocycles. The number of alkyl carbamates (subject to hydrolysis) is 1. The minimum atomic E-state index is -3.71. The average molecular weight is 325 g/mol. The summed E-state index contributed by atoms with van der Waals surface area (Å²) in [5, 5.41) is 12.8. The van der Waals surface area contributed by atoms with E-state index >= 15 is 0 Å². The van der Waals surface area contributed by atoms with E-state index in [9.17, 15) is 14.5 Å². The predicted octanol–water partition coefficient (Wildman–Crippen LogP) is 2.73. The van der Waals surface area contributed by atoms with E-state index < -0.39 is 31.2 Å². The standard InChI is InChI=1S/C13H28NO6P/c1-9(2)8-10(11(15)21(17,18-6)19-7)14-12(16)20-13(3,4)5/h9-11,15H,8H2,1-7H3,(H,14,16)/t10-,11?/m0/s1. The lowest BCUT2D eigenvalue weighted by Crippen LogP contribution is -2.46. The molecule has 0 aromatic rings.